The van der Waals surface area contributed by atoms with Crippen LogP contribution in [-0.2, 0) is 4.74 Å². The first-order valence-corrected chi connectivity index (χ1v) is 10.4. The van der Waals surface area contributed by atoms with E-state index in [2.05, 4.69) is 10.6 Å². The minimum Gasteiger partial charge on any atom is -0.494 e. The van der Waals surface area contributed by atoms with Crippen molar-refractivity contribution in [3.8, 4) is 11.5 Å². The molecule has 1 aliphatic heterocycles. The standard InChI is InChI=1S/C23H27FN2O6/c1-30-19-7-6-18(32-13-12-31-11-10-27)20(21(19)24)22(28)15-2-4-16(5-3-15)23(29)26-17-8-9-25-14-17/h2-7,17,25,27H,8-14H2,1H3,(H,26,29)/t17-/m0/s1. The fourth-order valence-corrected chi connectivity index (χ4v) is 3.37. The van der Waals surface area contributed by atoms with Crippen molar-refractivity contribution < 1.29 is 33.3 Å². The summed E-state index contributed by atoms with van der Waals surface area (Å²) in [5.41, 5.74) is 0.357. The summed E-state index contributed by atoms with van der Waals surface area (Å²) in [5, 5.41) is 14.9. The van der Waals surface area contributed by atoms with Crippen molar-refractivity contribution in [1.29, 1.82) is 0 Å². The van der Waals surface area contributed by atoms with Crippen LogP contribution in [0.25, 0.3) is 0 Å². The lowest BCUT2D eigenvalue weighted by Crippen LogP contribution is -2.36. The van der Waals surface area contributed by atoms with Crippen LogP contribution in [0.15, 0.2) is 36.4 Å². The Labute approximate surface area is 185 Å². The average molecular weight is 446 g/mol. The molecule has 1 fully saturated rings. The van der Waals surface area contributed by atoms with E-state index in [4.69, 9.17) is 19.3 Å². The molecule has 2 aromatic carbocycles. The second-order valence-corrected chi connectivity index (χ2v) is 7.21. The lowest BCUT2D eigenvalue weighted by atomic mass is 10.00. The summed E-state index contributed by atoms with van der Waals surface area (Å²) >= 11 is 0. The molecular formula is C23H27FN2O6. The van der Waals surface area contributed by atoms with E-state index in [-0.39, 0.29) is 61.0 Å². The van der Waals surface area contributed by atoms with Crippen molar-refractivity contribution in [3.63, 3.8) is 0 Å². The second kappa shape index (κ2) is 11.6. The van der Waals surface area contributed by atoms with Crippen LogP contribution >= 0.6 is 0 Å². The Hall–Kier alpha value is -3.01. The molecule has 1 heterocycles. The number of halogens is 1. The Bertz CT molecular complexity index is 929. The Morgan fingerprint density at radius 3 is 2.47 bits per heavy atom. The molecule has 2 aromatic rings. The lowest BCUT2D eigenvalue weighted by Gasteiger charge is -2.14. The number of nitrogens with one attached hydrogen (secondary N) is 2. The molecule has 1 aliphatic rings. The Morgan fingerprint density at radius 2 is 1.81 bits per heavy atom. The summed E-state index contributed by atoms with van der Waals surface area (Å²) < 4.78 is 30.7. The van der Waals surface area contributed by atoms with E-state index in [1.54, 1.807) is 0 Å². The van der Waals surface area contributed by atoms with Gasteiger partial charge in [0.15, 0.2) is 17.3 Å². The van der Waals surface area contributed by atoms with Gasteiger partial charge in [-0.25, -0.2) is 4.39 Å². The summed E-state index contributed by atoms with van der Waals surface area (Å²) in [5.74, 6) is -1.69. The van der Waals surface area contributed by atoms with Gasteiger partial charge in [-0.1, -0.05) is 12.1 Å². The number of methoxy groups -OCH3 is 1. The Balaban J connectivity index is 1.76. The molecule has 0 unspecified atom stereocenters. The largest absolute Gasteiger partial charge is 0.494 e. The molecule has 1 saturated heterocycles. The van der Waals surface area contributed by atoms with Crippen molar-refractivity contribution in [3.05, 3.63) is 58.9 Å². The van der Waals surface area contributed by atoms with Gasteiger partial charge in [0.1, 0.15) is 17.9 Å². The third kappa shape index (κ3) is 5.82. The zero-order valence-corrected chi connectivity index (χ0v) is 17.9. The number of carbonyl (C=O) groups is 2. The fourth-order valence-electron chi connectivity index (χ4n) is 3.37. The first-order valence-electron chi connectivity index (χ1n) is 10.4. The molecule has 3 rings (SSSR count). The maximum atomic E-state index is 15.0. The SMILES string of the molecule is COc1ccc(OCCOCCO)c(C(=O)c2ccc(C(=O)N[C@H]3CCNC3)cc2)c1F. The van der Waals surface area contributed by atoms with E-state index < -0.39 is 11.6 Å². The third-order valence-corrected chi connectivity index (χ3v) is 5.04. The van der Waals surface area contributed by atoms with Crippen molar-refractivity contribution in [2.75, 3.05) is 46.6 Å². The normalized spacial score (nSPS) is 15.4. The highest BCUT2D eigenvalue weighted by Crippen LogP contribution is 2.31. The van der Waals surface area contributed by atoms with Crippen molar-refractivity contribution in [1.82, 2.24) is 10.6 Å². The predicted octanol–water partition coefficient (Wildman–Crippen LogP) is 1.54. The van der Waals surface area contributed by atoms with E-state index in [1.165, 1.54) is 43.5 Å². The topological polar surface area (TPSA) is 106 Å². The molecule has 0 aromatic heterocycles. The van der Waals surface area contributed by atoms with Gasteiger partial charge in [-0.05, 0) is 37.2 Å². The van der Waals surface area contributed by atoms with Crippen LogP contribution in [0, 0.1) is 5.82 Å². The molecule has 172 valence electrons. The van der Waals surface area contributed by atoms with Crippen LogP contribution in [0.2, 0.25) is 0 Å². The molecule has 1 atom stereocenters. The van der Waals surface area contributed by atoms with Gasteiger partial charge in [-0.3, -0.25) is 9.59 Å². The number of carbonyl (C=O) groups excluding carboxylic acids is 2. The number of aliphatic hydroxyl groups excluding tert-OH is 1. The maximum absolute atomic E-state index is 15.0. The van der Waals surface area contributed by atoms with Gasteiger partial charge in [0.25, 0.3) is 5.91 Å². The van der Waals surface area contributed by atoms with E-state index in [1.807, 2.05) is 0 Å². The summed E-state index contributed by atoms with van der Waals surface area (Å²) in [6.45, 7) is 1.87. The zero-order valence-electron chi connectivity index (χ0n) is 17.9. The van der Waals surface area contributed by atoms with Gasteiger partial charge in [-0.15, -0.1) is 0 Å². The molecule has 3 N–H and O–H groups in total. The van der Waals surface area contributed by atoms with Gasteiger partial charge in [0.2, 0.25) is 0 Å². The highest BCUT2D eigenvalue weighted by atomic mass is 19.1. The highest BCUT2D eigenvalue weighted by Gasteiger charge is 2.24. The minimum absolute atomic E-state index is 0.0523. The molecule has 0 spiro atoms. The number of aliphatic hydroxyl groups is 1. The molecular weight excluding hydrogens is 419 g/mol. The Morgan fingerprint density at radius 1 is 1.09 bits per heavy atom. The summed E-state index contributed by atoms with van der Waals surface area (Å²) in [6, 6.07) is 8.95. The van der Waals surface area contributed by atoms with Gasteiger partial charge in [0.05, 0.1) is 26.9 Å². The lowest BCUT2D eigenvalue weighted by molar-refractivity contribution is 0.0700. The van der Waals surface area contributed by atoms with E-state index in [0.29, 0.717) is 5.56 Å². The fraction of sp³-hybridized carbons (Fsp3) is 0.391. The molecule has 0 bridgehead atoms. The summed E-state index contributed by atoms with van der Waals surface area (Å²) in [6.07, 6.45) is 0.866. The molecule has 8 nitrogen and oxygen atoms in total. The van der Waals surface area contributed by atoms with Crippen LogP contribution in [0.4, 0.5) is 4.39 Å². The molecule has 9 heteroatoms. The van der Waals surface area contributed by atoms with Crippen LogP contribution in [0.1, 0.15) is 32.7 Å². The van der Waals surface area contributed by atoms with Crippen molar-refractivity contribution >= 4 is 11.7 Å². The predicted molar refractivity (Wildman–Crippen MR) is 115 cm³/mol. The van der Waals surface area contributed by atoms with Gasteiger partial charge < -0.3 is 30.0 Å². The molecule has 0 saturated carbocycles. The molecule has 32 heavy (non-hydrogen) atoms. The maximum Gasteiger partial charge on any atom is 0.251 e. The van der Waals surface area contributed by atoms with Crippen LogP contribution in [0.5, 0.6) is 11.5 Å². The smallest absolute Gasteiger partial charge is 0.251 e. The average Bonchev–Trinajstić information content (AvgIpc) is 3.32. The quantitative estimate of drug-likeness (QED) is 0.355. The number of amides is 1. The highest BCUT2D eigenvalue weighted by molar-refractivity contribution is 6.11. The van der Waals surface area contributed by atoms with E-state index >= 15 is 0 Å². The first kappa shape index (κ1) is 23.6. The number of ether oxygens (including phenoxy) is 3. The van der Waals surface area contributed by atoms with Crippen molar-refractivity contribution in [2.45, 2.75) is 12.5 Å². The number of hydrogen-bond donors (Lipinski definition) is 3. The minimum atomic E-state index is -0.832. The van der Waals surface area contributed by atoms with Crippen LogP contribution in [0.3, 0.4) is 0 Å². The zero-order chi connectivity index (χ0) is 22.9. The number of ketones is 1. The second-order valence-electron chi connectivity index (χ2n) is 7.21. The number of benzene rings is 2. The van der Waals surface area contributed by atoms with Crippen molar-refractivity contribution in [2.24, 2.45) is 0 Å². The van der Waals surface area contributed by atoms with E-state index in [9.17, 15) is 14.0 Å². The summed E-state index contributed by atoms with van der Waals surface area (Å²) in [4.78, 5) is 25.5. The molecule has 0 aliphatic carbocycles. The number of rotatable bonds is 11. The molecule has 0 radical (unpaired) electrons. The van der Waals surface area contributed by atoms with Gasteiger partial charge in [-0.2, -0.15) is 0 Å². The van der Waals surface area contributed by atoms with Gasteiger partial charge >= 0.3 is 0 Å². The third-order valence-electron chi connectivity index (χ3n) is 5.04. The first-order chi connectivity index (χ1) is 15.5. The monoisotopic (exact) mass is 446 g/mol. The van der Waals surface area contributed by atoms with Crippen LogP contribution in [-0.4, -0.2) is 69.5 Å². The summed E-state index contributed by atoms with van der Waals surface area (Å²) in [7, 11) is 1.31. The van der Waals surface area contributed by atoms with Gasteiger partial charge in [0, 0.05) is 23.7 Å². The Kier molecular flexibility index (Phi) is 8.55. The molecule has 1 amide bonds. The van der Waals surface area contributed by atoms with E-state index in [0.717, 1.165) is 19.5 Å². The van der Waals surface area contributed by atoms with Crippen LogP contribution < -0.4 is 20.1 Å². The number of hydrogen-bond acceptors (Lipinski definition) is 7.